The fourth-order valence-corrected chi connectivity index (χ4v) is 4.04. The van der Waals surface area contributed by atoms with Crippen LogP contribution in [0.25, 0.3) is 22.2 Å². The average Bonchev–Trinajstić information content (AvgIpc) is 3.33. The Labute approximate surface area is 181 Å². The molecule has 1 fully saturated rings. The molecule has 0 atom stereocenters. The number of pyridine rings is 2. The van der Waals surface area contributed by atoms with E-state index >= 15 is 0 Å². The zero-order valence-electron chi connectivity index (χ0n) is 17.3. The Hall–Kier alpha value is -3.57. The van der Waals surface area contributed by atoms with Crippen LogP contribution in [0.15, 0.2) is 79.1 Å². The highest BCUT2D eigenvalue weighted by atomic mass is 16.1. The van der Waals surface area contributed by atoms with Crippen LogP contribution in [-0.2, 0) is 6.54 Å². The van der Waals surface area contributed by atoms with Crippen LogP contribution in [0.4, 0.5) is 5.69 Å². The second-order valence-corrected chi connectivity index (χ2v) is 7.99. The van der Waals surface area contributed by atoms with E-state index in [2.05, 4.69) is 26.3 Å². The van der Waals surface area contributed by atoms with Crippen molar-refractivity contribution in [2.45, 2.75) is 19.4 Å². The Bertz CT molecular complexity index is 1200. The first-order valence-corrected chi connectivity index (χ1v) is 10.7. The summed E-state index contributed by atoms with van der Waals surface area (Å²) in [6.07, 6.45) is 6.13. The Kier molecular flexibility index (Phi) is 5.42. The molecule has 1 aliphatic rings. The van der Waals surface area contributed by atoms with Crippen LogP contribution in [0.1, 0.15) is 28.8 Å². The molecule has 0 aliphatic carbocycles. The van der Waals surface area contributed by atoms with Gasteiger partial charge in [-0.1, -0.05) is 36.4 Å². The number of aromatic nitrogens is 2. The minimum absolute atomic E-state index is 0.183. The van der Waals surface area contributed by atoms with Crippen LogP contribution in [0, 0.1) is 0 Å². The molecule has 5 heteroatoms. The third-order valence-corrected chi connectivity index (χ3v) is 5.70. The number of benzene rings is 2. The van der Waals surface area contributed by atoms with Gasteiger partial charge in [0.1, 0.15) is 0 Å². The molecule has 1 amide bonds. The van der Waals surface area contributed by atoms with Crippen molar-refractivity contribution in [1.29, 1.82) is 0 Å². The lowest BCUT2D eigenvalue weighted by molar-refractivity contribution is 0.102. The molecule has 1 saturated heterocycles. The molecule has 1 aliphatic heterocycles. The lowest BCUT2D eigenvalue weighted by Crippen LogP contribution is -2.18. The van der Waals surface area contributed by atoms with Crippen molar-refractivity contribution in [1.82, 2.24) is 14.9 Å². The molecule has 31 heavy (non-hydrogen) atoms. The van der Waals surface area contributed by atoms with Gasteiger partial charge in [-0.2, -0.15) is 0 Å². The first kappa shape index (κ1) is 19.4. The van der Waals surface area contributed by atoms with Gasteiger partial charge in [-0.3, -0.25) is 19.7 Å². The minimum atomic E-state index is -0.183. The Balaban J connectivity index is 1.28. The number of fused-ring (bicyclic) bond motifs is 1. The topological polar surface area (TPSA) is 58.1 Å². The number of anilines is 1. The van der Waals surface area contributed by atoms with Gasteiger partial charge in [-0.15, -0.1) is 0 Å². The first-order valence-electron chi connectivity index (χ1n) is 10.7. The molecule has 5 nitrogen and oxygen atoms in total. The molecule has 4 aromatic rings. The lowest BCUT2D eigenvalue weighted by Gasteiger charge is -2.14. The highest BCUT2D eigenvalue weighted by Crippen LogP contribution is 2.21. The molecule has 0 spiro atoms. The van der Waals surface area contributed by atoms with E-state index in [9.17, 15) is 4.79 Å². The molecule has 0 radical (unpaired) electrons. The number of carbonyl (C=O) groups excluding carboxylic acids is 1. The van der Waals surface area contributed by atoms with Gasteiger partial charge in [0.15, 0.2) is 0 Å². The molecule has 5 rings (SSSR count). The molecule has 0 unspecified atom stereocenters. The van der Waals surface area contributed by atoms with Crippen LogP contribution in [-0.4, -0.2) is 33.9 Å². The van der Waals surface area contributed by atoms with Gasteiger partial charge in [0.05, 0.1) is 16.8 Å². The van der Waals surface area contributed by atoms with Gasteiger partial charge in [0, 0.05) is 35.6 Å². The maximum absolute atomic E-state index is 12.7. The molecule has 1 N–H and O–H groups in total. The predicted molar refractivity (Wildman–Crippen MR) is 124 cm³/mol. The quantitative estimate of drug-likeness (QED) is 0.496. The van der Waals surface area contributed by atoms with E-state index in [0.29, 0.717) is 5.56 Å². The van der Waals surface area contributed by atoms with Crippen molar-refractivity contribution < 1.29 is 4.79 Å². The monoisotopic (exact) mass is 408 g/mol. The van der Waals surface area contributed by atoms with E-state index < -0.39 is 0 Å². The minimum Gasteiger partial charge on any atom is -0.322 e. The van der Waals surface area contributed by atoms with Gasteiger partial charge < -0.3 is 5.32 Å². The maximum atomic E-state index is 12.7. The highest BCUT2D eigenvalue weighted by Gasteiger charge is 2.13. The van der Waals surface area contributed by atoms with Crippen molar-refractivity contribution in [3.05, 3.63) is 90.3 Å². The fourth-order valence-electron chi connectivity index (χ4n) is 4.04. The molecule has 2 aromatic heterocycles. The number of nitrogens with zero attached hydrogens (tertiary/aromatic N) is 3. The Morgan fingerprint density at radius 2 is 1.74 bits per heavy atom. The van der Waals surface area contributed by atoms with Crippen molar-refractivity contribution in [2.75, 3.05) is 18.4 Å². The Morgan fingerprint density at radius 3 is 2.52 bits per heavy atom. The van der Waals surface area contributed by atoms with E-state index in [0.717, 1.165) is 34.4 Å². The smallest absolute Gasteiger partial charge is 0.257 e. The summed E-state index contributed by atoms with van der Waals surface area (Å²) in [6, 6.07) is 21.6. The van der Waals surface area contributed by atoms with Crippen molar-refractivity contribution in [3.63, 3.8) is 0 Å². The zero-order chi connectivity index (χ0) is 21.0. The third kappa shape index (κ3) is 4.47. The number of likely N-dealkylation sites (tertiary alicyclic amines) is 1. The fraction of sp³-hybridized carbons (Fsp3) is 0.192. The van der Waals surface area contributed by atoms with E-state index in [4.69, 9.17) is 0 Å². The third-order valence-electron chi connectivity index (χ3n) is 5.70. The molecule has 0 bridgehead atoms. The molecule has 0 saturated carbocycles. The summed E-state index contributed by atoms with van der Waals surface area (Å²) in [7, 11) is 0. The number of carbonyl (C=O) groups is 1. The first-order chi connectivity index (χ1) is 15.2. The summed E-state index contributed by atoms with van der Waals surface area (Å²) in [4.78, 5) is 24.2. The van der Waals surface area contributed by atoms with Gasteiger partial charge in [-0.05, 0) is 61.8 Å². The molecule has 154 valence electrons. The van der Waals surface area contributed by atoms with E-state index in [1.165, 1.54) is 31.5 Å². The zero-order valence-corrected chi connectivity index (χ0v) is 17.3. The predicted octanol–water partition coefficient (Wildman–Crippen LogP) is 5.14. The Morgan fingerprint density at radius 1 is 0.903 bits per heavy atom. The van der Waals surface area contributed by atoms with Crippen LogP contribution < -0.4 is 5.32 Å². The average molecular weight is 409 g/mol. The standard InChI is InChI=1S/C26H24N4O/c31-26(22-9-11-24(28-17-22)20-6-2-1-3-7-20)29-23-10-8-21-14-19(16-27-25(21)15-23)18-30-12-4-5-13-30/h1-3,6-11,14-17H,4-5,12-13,18H2,(H,29,31). The summed E-state index contributed by atoms with van der Waals surface area (Å²) >= 11 is 0. The van der Waals surface area contributed by atoms with Crippen LogP contribution in [0.3, 0.4) is 0 Å². The molecule has 3 heterocycles. The summed E-state index contributed by atoms with van der Waals surface area (Å²) < 4.78 is 0. The lowest BCUT2D eigenvalue weighted by atomic mass is 10.1. The molecular weight excluding hydrogens is 384 g/mol. The number of nitrogens with one attached hydrogen (secondary N) is 1. The van der Waals surface area contributed by atoms with Crippen molar-refractivity contribution in [3.8, 4) is 11.3 Å². The maximum Gasteiger partial charge on any atom is 0.257 e. The molecule has 2 aromatic carbocycles. The molecular formula is C26H24N4O. The second kappa shape index (κ2) is 8.66. The number of hydrogen-bond donors (Lipinski definition) is 1. The highest BCUT2D eigenvalue weighted by molar-refractivity contribution is 6.05. The number of amides is 1. The summed E-state index contributed by atoms with van der Waals surface area (Å²) in [5.41, 5.74) is 5.23. The van der Waals surface area contributed by atoms with Gasteiger partial charge >= 0.3 is 0 Å². The van der Waals surface area contributed by atoms with Gasteiger partial charge in [0.25, 0.3) is 5.91 Å². The van der Waals surface area contributed by atoms with Crippen LogP contribution in [0.2, 0.25) is 0 Å². The number of rotatable bonds is 5. The van der Waals surface area contributed by atoms with Crippen molar-refractivity contribution in [2.24, 2.45) is 0 Å². The van der Waals surface area contributed by atoms with E-state index in [1.54, 1.807) is 12.3 Å². The van der Waals surface area contributed by atoms with E-state index in [1.807, 2.05) is 60.8 Å². The van der Waals surface area contributed by atoms with Gasteiger partial charge in [-0.25, -0.2) is 0 Å². The van der Waals surface area contributed by atoms with Crippen LogP contribution in [0.5, 0.6) is 0 Å². The SMILES string of the molecule is O=C(Nc1ccc2cc(CN3CCCC3)cnc2c1)c1ccc(-c2ccccc2)nc1. The second-order valence-electron chi connectivity index (χ2n) is 7.99. The number of hydrogen-bond acceptors (Lipinski definition) is 4. The summed E-state index contributed by atoms with van der Waals surface area (Å²) in [5, 5.41) is 4.04. The largest absolute Gasteiger partial charge is 0.322 e. The summed E-state index contributed by atoms with van der Waals surface area (Å²) in [6.45, 7) is 3.29. The normalized spacial score (nSPS) is 14.1. The van der Waals surface area contributed by atoms with Crippen LogP contribution >= 0.6 is 0 Å². The van der Waals surface area contributed by atoms with Crippen molar-refractivity contribution >= 4 is 22.5 Å². The summed E-state index contributed by atoms with van der Waals surface area (Å²) in [5.74, 6) is -0.183. The van der Waals surface area contributed by atoms with E-state index in [-0.39, 0.29) is 5.91 Å². The van der Waals surface area contributed by atoms with Gasteiger partial charge in [0.2, 0.25) is 0 Å².